The highest BCUT2D eigenvalue weighted by Gasteiger charge is 2.48. The summed E-state index contributed by atoms with van der Waals surface area (Å²) in [4.78, 5) is 67.3. The number of aromatic nitrogens is 8. The van der Waals surface area contributed by atoms with Crippen LogP contribution in [0.2, 0.25) is 5.28 Å². The van der Waals surface area contributed by atoms with Crippen LogP contribution in [0.3, 0.4) is 0 Å². The Morgan fingerprint density at radius 2 is 1.45 bits per heavy atom. The number of carbonyl (C=O) groups excluding carboxylic acids is 1. The van der Waals surface area contributed by atoms with E-state index in [1.165, 1.54) is 28.1 Å². The highest BCUT2D eigenvalue weighted by atomic mass is 35.5. The van der Waals surface area contributed by atoms with Crippen LogP contribution in [0.5, 0.6) is 0 Å². The van der Waals surface area contributed by atoms with E-state index in [0.717, 1.165) is 4.57 Å². The molecule has 3 saturated heterocycles. The number of nitrogens with zero attached hydrogens (tertiary/aromatic N) is 8. The summed E-state index contributed by atoms with van der Waals surface area (Å²) in [6.45, 7) is 3.40. The van der Waals surface area contributed by atoms with Gasteiger partial charge in [-0.1, -0.05) is 0 Å². The SMILES string of the molecule is CC(C)(C)C(=O)OCn1cnc2c(ncn2[C@H]2C[C@@H]3OP(=O)(O)OC[C@H]4O[C@@H](n5cnc6c(N)nc(Cl)nc65)C[C@@H]4OP(=O)(O)OC[C@H]3O2)c1=O. The molecular weight excluding hydrogens is 744 g/mol. The molecule has 0 aliphatic carbocycles. The van der Waals surface area contributed by atoms with Crippen LogP contribution in [0.1, 0.15) is 46.1 Å². The molecule has 4 N–H and O–H groups in total. The van der Waals surface area contributed by atoms with E-state index in [9.17, 15) is 28.5 Å². The molecule has 0 spiro atoms. The van der Waals surface area contributed by atoms with Gasteiger partial charge in [0.15, 0.2) is 29.4 Å². The predicted molar refractivity (Wildman–Crippen MR) is 170 cm³/mol. The first kappa shape index (κ1) is 36.0. The number of hydrogen-bond donors (Lipinski definition) is 3. The number of imidazole rings is 2. The molecule has 7 rings (SSSR count). The van der Waals surface area contributed by atoms with Gasteiger partial charge in [0.25, 0.3) is 5.56 Å². The molecule has 2 unspecified atom stereocenters. The lowest BCUT2D eigenvalue weighted by Crippen LogP contribution is -2.32. The minimum absolute atomic E-state index is 0.0196. The van der Waals surface area contributed by atoms with E-state index in [0.29, 0.717) is 0 Å². The molecule has 3 aliphatic heterocycles. The summed E-state index contributed by atoms with van der Waals surface area (Å²) in [5.41, 5.74) is 4.96. The van der Waals surface area contributed by atoms with Gasteiger partial charge in [0.2, 0.25) is 5.28 Å². The van der Waals surface area contributed by atoms with Crippen molar-refractivity contribution in [2.45, 2.75) is 77.2 Å². The third-order valence-electron chi connectivity index (χ3n) is 8.24. The second-order valence-electron chi connectivity index (χ2n) is 12.9. The molecule has 4 aromatic rings. The maximum absolute atomic E-state index is 13.2. The van der Waals surface area contributed by atoms with Gasteiger partial charge in [0.05, 0.1) is 31.3 Å². The molecule has 3 aliphatic rings. The Kier molecular flexibility index (Phi) is 9.33. The number of anilines is 1. The van der Waals surface area contributed by atoms with Gasteiger partial charge in [0, 0.05) is 12.8 Å². The third-order valence-corrected chi connectivity index (χ3v) is 10.4. The number of carbonyl (C=O) groups is 1. The van der Waals surface area contributed by atoms with Crippen LogP contribution < -0.4 is 11.3 Å². The Morgan fingerprint density at radius 1 is 0.902 bits per heavy atom. The topological polar surface area (TPSA) is 279 Å². The van der Waals surface area contributed by atoms with Crippen LogP contribution in [-0.2, 0) is 53.0 Å². The molecule has 0 bridgehead atoms. The van der Waals surface area contributed by atoms with Crippen molar-refractivity contribution in [2.75, 3.05) is 18.9 Å². The molecule has 0 saturated carbocycles. The first-order valence-electron chi connectivity index (χ1n) is 15.3. The number of phosphoric ester groups is 2. The first-order valence-corrected chi connectivity index (χ1v) is 18.7. The number of halogens is 1. The molecule has 25 heteroatoms. The second kappa shape index (κ2) is 13.2. The van der Waals surface area contributed by atoms with Crippen molar-refractivity contribution >= 4 is 61.4 Å². The summed E-state index contributed by atoms with van der Waals surface area (Å²) in [5, 5.41) is -0.149. The van der Waals surface area contributed by atoms with Gasteiger partial charge in [-0.2, -0.15) is 9.97 Å². The Hall–Kier alpha value is -3.40. The van der Waals surface area contributed by atoms with Crippen molar-refractivity contribution in [3.63, 3.8) is 0 Å². The first-order chi connectivity index (χ1) is 24.0. The summed E-state index contributed by atoms with van der Waals surface area (Å²) >= 11 is 5.97. The van der Waals surface area contributed by atoms with E-state index < -0.39 is 82.7 Å². The number of nitrogen functional groups attached to an aromatic ring is 1. The zero-order valence-electron chi connectivity index (χ0n) is 27.0. The number of phosphoric acid groups is 2. The fourth-order valence-corrected chi connectivity index (χ4v) is 7.81. The lowest BCUT2D eigenvalue weighted by atomic mass is 9.98. The van der Waals surface area contributed by atoms with Crippen LogP contribution in [-0.4, -0.2) is 92.0 Å². The van der Waals surface area contributed by atoms with Gasteiger partial charge in [-0.25, -0.2) is 24.1 Å². The quantitative estimate of drug-likeness (QED) is 0.151. The number of ether oxygens (including phenoxy) is 3. The van der Waals surface area contributed by atoms with Gasteiger partial charge in [-0.05, 0) is 32.4 Å². The molecule has 22 nitrogen and oxygen atoms in total. The average Bonchev–Trinajstić information content (AvgIpc) is 3.82. The average molecular weight is 776 g/mol. The molecule has 4 aromatic heterocycles. The van der Waals surface area contributed by atoms with E-state index in [1.54, 1.807) is 20.8 Å². The molecule has 51 heavy (non-hydrogen) atoms. The summed E-state index contributed by atoms with van der Waals surface area (Å²) < 4.78 is 69.0. The van der Waals surface area contributed by atoms with Crippen molar-refractivity contribution in [2.24, 2.45) is 5.41 Å². The number of esters is 1. The Balaban J connectivity index is 1.08. The molecule has 7 heterocycles. The van der Waals surface area contributed by atoms with Crippen molar-refractivity contribution in [1.82, 2.24) is 38.6 Å². The number of nitrogens with two attached hydrogens (primary N) is 1. The summed E-state index contributed by atoms with van der Waals surface area (Å²) in [5.74, 6) is -0.501. The van der Waals surface area contributed by atoms with Crippen LogP contribution in [0.15, 0.2) is 23.8 Å². The molecule has 276 valence electrons. The number of fused-ring (bicyclic) bond motifs is 4. The summed E-state index contributed by atoms with van der Waals surface area (Å²) in [6.07, 6.45) is -3.07. The Labute approximate surface area is 291 Å². The van der Waals surface area contributed by atoms with Gasteiger partial charge >= 0.3 is 21.6 Å². The largest absolute Gasteiger partial charge is 0.472 e. The Morgan fingerprint density at radius 3 is 2.02 bits per heavy atom. The maximum Gasteiger partial charge on any atom is 0.472 e. The van der Waals surface area contributed by atoms with Gasteiger partial charge in [-0.3, -0.25) is 41.4 Å². The minimum Gasteiger partial charge on any atom is -0.443 e. The van der Waals surface area contributed by atoms with Gasteiger partial charge in [-0.15, -0.1) is 0 Å². The lowest BCUT2D eigenvalue weighted by molar-refractivity contribution is -0.157. The second-order valence-corrected chi connectivity index (χ2v) is 16.1. The molecule has 0 amide bonds. The standard InChI is InChI=1S/C26H32ClN9O13P2/c1-26(2,3)24(38)43-11-34-8-31-21-19(23(34)37)30-10-35(21)16-4-12-14(46-16)6-44-51(41,42)49-13-5-17(47-15(13)7-45-50(39,40)48-12)36-9-29-18-20(28)32-25(27)33-22(18)36/h8-10,12-17H,4-7,11H2,1-3H3,(H,39,40)(H,41,42)(H2,28,32,33)/t12-,13-,14+,15+,16+,17+/m0/s1. The normalized spacial score (nSPS) is 32.0. The maximum atomic E-state index is 13.2. The van der Waals surface area contributed by atoms with Gasteiger partial charge in [0.1, 0.15) is 48.7 Å². The highest BCUT2D eigenvalue weighted by Crippen LogP contribution is 2.53. The fraction of sp³-hybridized carbons (Fsp3) is 0.577. The van der Waals surface area contributed by atoms with Crippen LogP contribution in [0.25, 0.3) is 22.3 Å². The zero-order valence-corrected chi connectivity index (χ0v) is 29.6. The minimum atomic E-state index is -4.83. The van der Waals surface area contributed by atoms with Crippen molar-refractivity contribution in [3.05, 3.63) is 34.6 Å². The van der Waals surface area contributed by atoms with E-state index in [1.807, 2.05) is 0 Å². The molecule has 3 fully saturated rings. The number of hydrogen-bond acceptors (Lipinski definition) is 17. The smallest absolute Gasteiger partial charge is 0.443 e. The van der Waals surface area contributed by atoms with Crippen LogP contribution in [0.4, 0.5) is 5.82 Å². The number of rotatable bonds is 4. The summed E-state index contributed by atoms with van der Waals surface area (Å²) in [7, 11) is -9.65. The lowest BCUT2D eigenvalue weighted by Gasteiger charge is -2.26. The molecule has 0 radical (unpaired) electrons. The van der Waals surface area contributed by atoms with Gasteiger partial charge < -0.3 is 29.7 Å². The van der Waals surface area contributed by atoms with E-state index in [2.05, 4.69) is 24.9 Å². The van der Waals surface area contributed by atoms with E-state index >= 15 is 0 Å². The van der Waals surface area contributed by atoms with Crippen molar-refractivity contribution < 1.29 is 56.0 Å². The highest BCUT2D eigenvalue weighted by molar-refractivity contribution is 7.47. The molecule has 0 aromatic carbocycles. The van der Waals surface area contributed by atoms with Crippen molar-refractivity contribution in [3.8, 4) is 0 Å². The van der Waals surface area contributed by atoms with Crippen LogP contribution in [0, 0.1) is 5.41 Å². The van der Waals surface area contributed by atoms with Crippen molar-refractivity contribution in [1.29, 1.82) is 0 Å². The van der Waals surface area contributed by atoms with E-state index in [-0.39, 0.29) is 53.0 Å². The predicted octanol–water partition coefficient (Wildman–Crippen LogP) is 1.81. The third kappa shape index (κ3) is 7.31. The zero-order chi connectivity index (χ0) is 36.5. The molecule has 8 atom stereocenters. The fourth-order valence-electron chi connectivity index (χ4n) is 5.72. The Bertz CT molecular complexity index is 2160. The monoisotopic (exact) mass is 775 g/mol. The van der Waals surface area contributed by atoms with E-state index in [4.69, 9.17) is 49.6 Å². The summed E-state index contributed by atoms with van der Waals surface area (Å²) in [6, 6.07) is 0. The molecular formula is C26H32ClN9O13P2. The van der Waals surface area contributed by atoms with Crippen LogP contribution >= 0.6 is 27.2 Å².